The van der Waals surface area contributed by atoms with Crippen molar-refractivity contribution >= 4 is 17.3 Å². The van der Waals surface area contributed by atoms with Gasteiger partial charge in [-0.25, -0.2) is 0 Å². The van der Waals surface area contributed by atoms with E-state index in [2.05, 4.69) is 36.2 Å². The van der Waals surface area contributed by atoms with Crippen molar-refractivity contribution in [1.82, 2.24) is 4.90 Å². The Labute approximate surface area is 205 Å². The van der Waals surface area contributed by atoms with Gasteiger partial charge in [0.15, 0.2) is 0 Å². The fourth-order valence-electron chi connectivity index (χ4n) is 4.53. The molecule has 1 heterocycles. The van der Waals surface area contributed by atoms with Crippen molar-refractivity contribution in [3.63, 3.8) is 0 Å². The molecule has 188 valence electrons. The van der Waals surface area contributed by atoms with Crippen LogP contribution in [0.3, 0.4) is 0 Å². The molecule has 0 amide bonds. The van der Waals surface area contributed by atoms with Gasteiger partial charge in [0.05, 0.1) is 17.2 Å². The molecule has 0 radical (unpaired) electrons. The van der Waals surface area contributed by atoms with E-state index in [9.17, 15) is 13.2 Å². The van der Waals surface area contributed by atoms with Gasteiger partial charge in [0.1, 0.15) is 5.75 Å². The summed E-state index contributed by atoms with van der Waals surface area (Å²) in [5.74, 6) is 0.907. The average Bonchev–Trinajstić information content (AvgIpc) is 2.80. The highest BCUT2D eigenvalue weighted by Crippen LogP contribution is 2.37. The van der Waals surface area contributed by atoms with E-state index in [0.717, 1.165) is 56.2 Å². The van der Waals surface area contributed by atoms with Crippen LogP contribution >= 0.6 is 11.6 Å². The number of halogens is 4. The average molecular weight is 499 g/mol. The second-order valence-electron chi connectivity index (χ2n) is 8.76. The number of rotatable bonds is 10. The number of anilines is 1. The Morgan fingerprint density at radius 2 is 1.88 bits per heavy atom. The summed E-state index contributed by atoms with van der Waals surface area (Å²) in [5, 5.41) is 2.86. The van der Waals surface area contributed by atoms with Gasteiger partial charge in [-0.05, 0) is 74.2 Å². The quantitative estimate of drug-likeness (QED) is 0.356. The van der Waals surface area contributed by atoms with Crippen LogP contribution in [0.4, 0.5) is 18.9 Å². The SMILES string of the molecule is COCCCOc1ccc(C2CCCCN2CCNc2ccc(Cl)c(C(F)(F)F)c2)c(C)c1C. The van der Waals surface area contributed by atoms with Crippen molar-refractivity contribution < 1.29 is 22.6 Å². The summed E-state index contributed by atoms with van der Waals surface area (Å²) >= 11 is 5.73. The van der Waals surface area contributed by atoms with Gasteiger partial charge in [-0.2, -0.15) is 13.2 Å². The van der Waals surface area contributed by atoms with Crippen molar-refractivity contribution in [3.05, 3.63) is 57.6 Å². The third-order valence-corrected chi connectivity index (χ3v) is 6.83. The first-order valence-electron chi connectivity index (χ1n) is 11.8. The van der Waals surface area contributed by atoms with Crippen LogP contribution in [0.15, 0.2) is 30.3 Å². The maximum Gasteiger partial charge on any atom is 0.417 e. The number of likely N-dealkylation sites (tertiary alicyclic amines) is 1. The largest absolute Gasteiger partial charge is 0.493 e. The third-order valence-electron chi connectivity index (χ3n) is 6.50. The molecule has 0 aromatic heterocycles. The molecular formula is C26H34ClF3N2O2. The van der Waals surface area contributed by atoms with Gasteiger partial charge in [-0.1, -0.05) is 24.1 Å². The van der Waals surface area contributed by atoms with Crippen molar-refractivity contribution in [2.24, 2.45) is 0 Å². The van der Waals surface area contributed by atoms with Gasteiger partial charge < -0.3 is 14.8 Å². The molecule has 1 atom stereocenters. The molecule has 1 fully saturated rings. The Balaban J connectivity index is 1.65. The first kappa shape index (κ1) is 26.6. The molecule has 8 heteroatoms. The topological polar surface area (TPSA) is 33.7 Å². The summed E-state index contributed by atoms with van der Waals surface area (Å²) in [4.78, 5) is 2.43. The van der Waals surface area contributed by atoms with Crippen LogP contribution in [0.1, 0.15) is 54.0 Å². The molecule has 0 spiro atoms. The Morgan fingerprint density at radius 1 is 1.09 bits per heavy atom. The van der Waals surface area contributed by atoms with Crippen LogP contribution in [0, 0.1) is 13.8 Å². The van der Waals surface area contributed by atoms with E-state index in [1.807, 2.05) is 0 Å². The Morgan fingerprint density at radius 3 is 2.62 bits per heavy atom. The number of nitrogens with one attached hydrogen (secondary N) is 1. The summed E-state index contributed by atoms with van der Waals surface area (Å²) in [6.45, 7) is 7.79. The summed E-state index contributed by atoms with van der Waals surface area (Å²) in [6, 6.07) is 8.47. The highest BCUT2D eigenvalue weighted by molar-refractivity contribution is 6.31. The van der Waals surface area contributed by atoms with Crippen LogP contribution < -0.4 is 10.1 Å². The Bertz CT molecular complexity index is 952. The van der Waals surface area contributed by atoms with Crippen LogP contribution in [0.5, 0.6) is 5.75 Å². The number of hydrogen-bond donors (Lipinski definition) is 1. The molecule has 0 bridgehead atoms. The second kappa shape index (κ2) is 12.1. The minimum Gasteiger partial charge on any atom is -0.493 e. The van der Waals surface area contributed by atoms with E-state index in [1.165, 1.54) is 17.2 Å². The fraction of sp³-hybridized carbons (Fsp3) is 0.538. The zero-order valence-corrected chi connectivity index (χ0v) is 20.9. The van der Waals surface area contributed by atoms with Gasteiger partial charge in [0.25, 0.3) is 0 Å². The normalized spacial score (nSPS) is 17.1. The van der Waals surface area contributed by atoms with Crippen LogP contribution in [-0.4, -0.2) is 44.9 Å². The standard InChI is InChI=1S/C26H34ClF3N2O2/c1-18-19(2)25(34-16-6-15-33-3)11-9-21(18)24-7-4-5-13-32(24)14-12-31-20-8-10-23(27)22(17-20)26(28,29)30/h8-11,17,24,31H,4-7,12-16H2,1-3H3. The van der Waals surface area contributed by atoms with E-state index in [1.54, 1.807) is 13.2 Å². The van der Waals surface area contributed by atoms with Crippen molar-refractivity contribution in [2.75, 3.05) is 45.3 Å². The molecule has 0 aliphatic carbocycles. The van der Waals surface area contributed by atoms with Gasteiger partial charge in [0.2, 0.25) is 0 Å². The molecular weight excluding hydrogens is 465 g/mol. The molecule has 0 saturated carbocycles. The number of hydrogen-bond acceptors (Lipinski definition) is 4. The molecule has 1 aliphatic rings. The summed E-state index contributed by atoms with van der Waals surface area (Å²) < 4.78 is 50.5. The molecule has 1 saturated heterocycles. The highest BCUT2D eigenvalue weighted by atomic mass is 35.5. The number of benzene rings is 2. The van der Waals surface area contributed by atoms with Crippen molar-refractivity contribution in [2.45, 2.75) is 51.7 Å². The first-order chi connectivity index (χ1) is 16.2. The van der Waals surface area contributed by atoms with Gasteiger partial charge in [-0.3, -0.25) is 4.90 Å². The maximum absolute atomic E-state index is 13.1. The molecule has 2 aromatic carbocycles. The Hall–Kier alpha value is -1.96. The molecule has 1 aliphatic heterocycles. The lowest BCUT2D eigenvalue weighted by atomic mass is 9.90. The lowest BCUT2D eigenvalue weighted by Gasteiger charge is -2.37. The van der Waals surface area contributed by atoms with E-state index < -0.39 is 11.7 Å². The van der Waals surface area contributed by atoms with Crippen LogP contribution in [0.25, 0.3) is 0 Å². The predicted octanol–water partition coefficient (Wildman–Crippen LogP) is 7.03. The van der Waals surface area contributed by atoms with Crippen molar-refractivity contribution in [1.29, 1.82) is 0 Å². The molecule has 1 N–H and O–H groups in total. The highest BCUT2D eigenvalue weighted by Gasteiger charge is 2.33. The number of methoxy groups -OCH3 is 1. The third kappa shape index (κ3) is 6.80. The minimum atomic E-state index is -4.47. The van der Waals surface area contributed by atoms with Gasteiger partial charge in [0, 0.05) is 45.0 Å². The van der Waals surface area contributed by atoms with Gasteiger partial charge in [-0.15, -0.1) is 0 Å². The smallest absolute Gasteiger partial charge is 0.417 e. The first-order valence-corrected chi connectivity index (χ1v) is 12.2. The lowest BCUT2D eigenvalue weighted by molar-refractivity contribution is -0.137. The predicted molar refractivity (Wildman–Crippen MR) is 131 cm³/mol. The molecule has 4 nitrogen and oxygen atoms in total. The molecule has 3 rings (SSSR count). The number of piperidine rings is 1. The van der Waals surface area contributed by atoms with E-state index in [0.29, 0.717) is 25.4 Å². The second-order valence-corrected chi connectivity index (χ2v) is 9.17. The number of nitrogens with zero attached hydrogens (tertiary/aromatic N) is 1. The number of alkyl halides is 3. The molecule has 1 unspecified atom stereocenters. The minimum absolute atomic E-state index is 0.285. The summed E-state index contributed by atoms with van der Waals surface area (Å²) in [5.41, 5.74) is 3.30. The lowest BCUT2D eigenvalue weighted by Crippen LogP contribution is -2.37. The van der Waals surface area contributed by atoms with E-state index >= 15 is 0 Å². The zero-order valence-electron chi connectivity index (χ0n) is 20.1. The Kier molecular flexibility index (Phi) is 9.51. The molecule has 34 heavy (non-hydrogen) atoms. The van der Waals surface area contributed by atoms with E-state index in [-0.39, 0.29) is 11.1 Å². The molecule has 2 aromatic rings. The van der Waals surface area contributed by atoms with Gasteiger partial charge >= 0.3 is 6.18 Å². The summed E-state index contributed by atoms with van der Waals surface area (Å²) in [7, 11) is 1.69. The van der Waals surface area contributed by atoms with E-state index in [4.69, 9.17) is 21.1 Å². The summed E-state index contributed by atoms with van der Waals surface area (Å²) in [6.07, 6.45) is -0.281. The van der Waals surface area contributed by atoms with Crippen LogP contribution in [-0.2, 0) is 10.9 Å². The number of ether oxygens (including phenoxy) is 2. The van der Waals surface area contributed by atoms with Crippen molar-refractivity contribution in [3.8, 4) is 5.75 Å². The monoisotopic (exact) mass is 498 g/mol. The zero-order chi connectivity index (χ0) is 24.7. The van der Waals surface area contributed by atoms with Crippen LogP contribution in [0.2, 0.25) is 5.02 Å². The maximum atomic E-state index is 13.1. The fourth-order valence-corrected chi connectivity index (χ4v) is 4.75.